The van der Waals surface area contributed by atoms with E-state index >= 15 is 0 Å². The van der Waals surface area contributed by atoms with Gasteiger partial charge in [-0.3, -0.25) is 0 Å². The van der Waals surface area contributed by atoms with Crippen molar-refractivity contribution in [1.82, 2.24) is 0 Å². The van der Waals surface area contributed by atoms with Gasteiger partial charge >= 0.3 is 0 Å². The van der Waals surface area contributed by atoms with E-state index in [1.807, 2.05) is 0 Å². The summed E-state index contributed by atoms with van der Waals surface area (Å²) in [6.07, 6.45) is 0. The van der Waals surface area contributed by atoms with E-state index in [0.717, 1.165) is 0 Å². The Hall–Kier alpha value is -1.32. The number of para-hydroxylation sites is 1. The minimum absolute atomic E-state index is 0.0739. The fourth-order valence-corrected chi connectivity index (χ4v) is 0.818. The smallest absolute Gasteiger partial charge is 0.177 e. The Morgan fingerprint density at radius 2 is 2.17 bits per heavy atom. The van der Waals surface area contributed by atoms with Crippen LogP contribution in [0.15, 0.2) is 18.2 Å². The maximum Gasteiger partial charge on any atom is 0.177 e. The molecule has 0 aromatic heterocycles. The third-order valence-corrected chi connectivity index (χ3v) is 1.32. The lowest BCUT2D eigenvalue weighted by molar-refractivity contribution is 0.264. The van der Waals surface area contributed by atoms with Crippen molar-refractivity contribution >= 4 is 5.69 Å². The van der Waals surface area contributed by atoms with E-state index in [0.29, 0.717) is 0 Å². The molecule has 0 atom stereocenters. The SMILES string of the molecule is Nc1cccc(F)c1OCCF. The van der Waals surface area contributed by atoms with Gasteiger partial charge in [-0.2, -0.15) is 0 Å². The van der Waals surface area contributed by atoms with Gasteiger partial charge in [0.25, 0.3) is 0 Å². The number of benzene rings is 1. The van der Waals surface area contributed by atoms with Gasteiger partial charge in [-0.05, 0) is 12.1 Å². The Labute approximate surface area is 68.9 Å². The molecule has 1 rings (SSSR count). The molecule has 1 aromatic rings. The molecule has 0 aliphatic carbocycles. The average Bonchev–Trinajstić information content (AvgIpc) is 2.04. The first-order valence-electron chi connectivity index (χ1n) is 3.48. The first-order valence-corrected chi connectivity index (χ1v) is 3.48. The number of anilines is 1. The molecule has 66 valence electrons. The van der Waals surface area contributed by atoms with E-state index in [2.05, 4.69) is 0 Å². The third-order valence-electron chi connectivity index (χ3n) is 1.32. The van der Waals surface area contributed by atoms with E-state index in [9.17, 15) is 8.78 Å². The van der Waals surface area contributed by atoms with Gasteiger partial charge in [-0.25, -0.2) is 8.78 Å². The van der Waals surface area contributed by atoms with Crippen molar-refractivity contribution in [2.24, 2.45) is 0 Å². The largest absolute Gasteiger partial charge is 0.486 e. The summed E-state index contributed by atoms with van der Waals surface area (Å²) in [4.78, 5) is 0. The molecular formula is C8H9F2NO. The fourth-order valence-electron chi connectivity index (χ4n) is 0.818. The second-order valence-electron chi connectivity index (χ2n) is 2.20. The highest BCUT2D eigenvalue weighted by molar-refractivity contribution is 5.52. The van der Waals surface area contributed by atoms with Crippen LogP contribution in [0.4, 0.5) is 14.5 Å². The summed E-state index contributed by atoms with van der Waals surface area (Å²) < 4.78 is 29.2. The summed E-state index contributed by atoms with van der Waals surface area (Å²) in [5.74, 6) is -0.640. The number of alkyl halides is 1. The molecule has 12 heavy (non-hydrogen) atoms. The van der Waals surface area contributed by atoms with E-state index < -0.39 is 12.5 Å². The molecular weight excluding hydrogens is 164 g/mol. The zero-order valence-electron chi connectivity index (χ0n) is 6.39. The maximum atomic E-state index is 12.8. The van der Waals surface area contributed by atoms with Gasteiger partial charge in [0.05, 0.1) is 5.69 Å². The number of hydrogen-bond donors (Lipinski definition) is 1. The molecule has 0 saturated carbocycles. The number of nitrogen functional groups attached to an aromatic ring is 1. The van der Waals surface area contributed by atoms with E-state index in [1.165, 1.54) is 18.2 Å². The Bertz CT molecular complexity index is 245. The molecule has 0 radical (unpaired) electrons. The summed E-state index contributed by atoms with van der Waals surface area (Å²) >= 11 is 0. The predicted molar refractivity (Wildman–Crippen MR) is 42.3 cm³/mol. The lowest BCUT2D eigenvalue weighted by atomic mass is 10.3. The van der Waals surface area contributed by atoms with Crippen LogP contribution in [-0.2, 0) is 0 Å². The molecule has 2 N–H and O–H groups in total. The normalized spacial score (nSPS) is 9.83. The minimum atomic E-state index is -0.659. The lowest BCUT2D eigenvalue weighted by Gasteiger charge is -2.06. The molecule has 2 nitrogen and oxygen atoms in total. The van der Waals surface area contributed by atoms with Crippen molar-refractivity contribution in [3.63, 3.8) is 0 Å². The van der Waals surface area contributed by atoms with Crippen LogP contribution in [0.2, 0.25) is 0 Å². The lowest BCUT2D eigenvalue weighted by Crippen LogP contribution is -2.03. The number of rotatable bonds is 3. The Morgan fingerprint density at radius 3 is 2.75 bits per heavy atom. The molecule has 0 saturated heterocycles. The van der Waals surface area contributed by atoms with Crippen molar-refractivity contribution in [3.05, 3.63) is 24.0 Å². The minimum Gasteiger partial charge on any atom is -0.486 e. The van der Waals surface area contributed by atoms with Gasteiger partial charge in [0.1, 0.15) is 13.3 Å². The maximum absolute atomic E-state index is 12.8. The van der Waals surface area contributed by atoms with Crippen LogP contribution in [0, 0.1) is 5.82 Å². The summed E-state index contributed by atoms with van der Waals surface area (Å²) in [6.45, 7) is -0.834. The molecule has 0 unspecified atom stereocenters. The quantitative estimate of drug-likeness (QED) is 0.707. The van der Waals surface area contributed by atoms with E-state index in [1.54, 1.807) is 0 Å². The summed E-state index contributed by atoms with van der Waals surface area (Å²) in [6, 6.07) is 4.17. The van der Waals surface area contributed by atoms with Crippen LogP contribution in [0.5, 0.6) is 5.75 Å². The summed E-state index contributed by atoms with van der Waals surface area (Å²) in [5.41, 5.74) is 5.56. The van der Waals surface area contributed by atoms with Crippen LogP contribution >= 0.6 is 0 Å². The Balaban J connectivity index is 2.81. The molecule has 4 heteroatoms. The second kappa shape index (κ2) is 3.90. The van der Waals surface area contributed by atoms with Crippen molar-refractivity contribution in [3.8, 4) is 5.75 Å². The van der Waals surface area contributed by atoms with E-state index in [-0.39, 0.29) is 18.0 Å². The highest BCUT2D eigenvalue weighted by Gasteiger charge is 2.05. The molecule has 0 spiro atoms. The van der Waals surface area contributed by atoms with Crippen LogP contribution in [0.3, 0.4) is 0 Å². The molecule has 0 bridgehead atoms. The van der Waals surface area contributed by atoms with E-state index in [4.69, 9.17) is 10.5 Å². The fraction of sp³-hybridized carbons (Fsp3) is 0.250. The first-order chi connectivity index (χ1) is 5.75. The standard InChI is InChI=1S/C8H9F2NO/c9-4-5-12-8-6(10)2-1-3-7(8)11/h1-3H,4-5,11H2. The van der Waals surface area contributed by atoms with Crippen LogP contribution < -0.4 is 10.5 Å². The molecule has 0 fully saturated rings. The van der Waals surface area contributed by atoms with Crippen LogP contribution in [0.1, 0.15) is 0 Å². The Kier molecular flexibility index (Phi) is 2.85. The van der Waals surface area contributed by atoms with Crippen LogP contribution in [-0.4, -0.2) is 13.3 Å². The summed E-state index contributed by atoms with van der Waals surface area (Å²) in [7, 11) is 0. The number of ether oxygens (including phenoxy) is 1. The second-order valence-corrected chi connectivity index (χ2v) is 2.20. The topological polar surface area (TPSA) is 35.2 Å². The van der Waals surface area contributed by atoms with Crippen molar-refractivity contribution in [1.29, 1.82) is 0 Å². The van der Waals surface area contributed by atoms with Crippen molar-refractivity contribution in [2.75, 3.05) is 19.0 Å². The zero-order valence-corrected chi connectivity index (χ0v) is 6.39. The first kappa shape index (κ1) is 8.77. The highest BCUT2D eigenvalue weighted by atomic mass is 19.1. The van der Waals surface area contributed by atoms with Gasteiger partial charge < -0.3 is 10.5 Å². The Morgan fingerprint density at radius 1 is 1.42 bits per heavy atom. The monoisotopic (exact) mass is 173 g/mol. The molecule has 0 amide bonds. The molecule has 1 aromatic carbocycles. The predicted octanol–water partition coefficient (Wildman–Crippen LogP) is 1.76. The highest BCUT2D eigenvalue weighted by Crippen LogP contribution is 2.24. The number of nitrogens with two attached hydrogens (primary N) is 1. The zero-order chi connectivity index (χ0) is 8.97. The molecule has 0 aliphatic heterocycles. The van der Waals surface area contributed by atoms with Gasteiger partial charge in [-0.15, -0.1) is 0 Å². The third kappa shape index (κ3) is 1.84. The van der Waals surface area contributed by atoms with Gasteiger partial charge in [0.15, 0.2) is 11.6 Å². The molecule has 0 aliphatic rings. The van der Waals surface area contributed by atoms with Gasteiger partial charge in [0.2, 0.25) is 0 Å². The summed E-state index contributed by atoms with van der Waals surface area (Å²) in [5, 5.41) is 0. The van der Waals surface area contributed by atoms with Gasteiger partial charge in [0, 0.05) is 0 Å². The average molecular weight is 173 g/mol. The van der Waals surface area contributed by atoms with Crippen molar-refractivity contribution in [2.45, 2.75) is 0 Å². The number of hydrogen-bond acceptors (Lipinski definition) is 2. The number of halogens is 2. The van der Waals surface area contributed by atoms with Crippen molar-refractivity contribution < 1.29 is 13.5 Å². The van der Waals surface area contributed by atoms with Crippen LogP contribution in [0.25, 0.3) is 0 Å². The van der Waals surface area contributed by atoms with Gasteiger partial charge in [-0.1, -0.05) is 6.07 Å². The molecule has 0 heterocycles.